The second-order valence-corrected chi connectivity index (χ2v) is 21.2. The Bertz CT molecular complexity index is 3210. The predicted octanol–water partition coefficient (Wildman–Crippen LogP) is 4.82. The minimum atomic E-state index is -1.94. The lowest BCUT2D eigenvalue weighted by molar-refractivity contribution is -0.172. The van der Waals surface area contributed by atoms with Crippen molar-refractivity contribution in [2.24, 2.45) is 5.92 Å². The van der Waals surface area contributed by atoms with Crippen LogP contribution in [0.4, 0.5) is 10.6 Å². The molecular weight excluding hydrogens is 994 g/mol. The van der Waals surface area contributed by atoms with Gasteiger partial charge in [0.15, 0.2) is 17.1 Å². The lowest BCUT2D eigenvalue weighted by Gasteiger charge is -2.39. The molecule has 2 aromatic carbocycles. The van der Waals surface area contributed by atoms with Gasteiger partial charge in [-0.3, -0.25) is 19.3 Å². The third-order valence-corrected chi connectivity index (χ3v) is 16.5. The quantitative estimate of drug-likeness (QED) is 0.175. The fraction of sp³-hybridized carbons (Fsp3) is 0.473. The highest BCUT2D eigenvalue weighted by Crippen LogP contribution is 2.41. The van der Waals surface area contributed by atoms with Gasteiger partial charge in [0.1, 0.15) is 24.2 Å². The molecule has 3 amide bonds. The number of halogens is 1. The summed E-state index contributed by atoms with van der Waals surface area (Å²) in [5.74, 6) is 0.644. The van der Waals surface area contributed by atoms with Crippen LogP contribution in [0.2, 0.25) is 5.02 Å². The fourth-order valence-electron chi connectivity index (χ4n) is 11.5. The summed E-state index contributed by atoms with van der Waals surface area (Å²) in [7, 11) is 2.02. The number of ether oxygens (including phenoxy) is 3. The number of nitrogens with one attached hydrogen (secondary N) is 1. The van der Waals surface area contributed by atoms with Crippen molar-refractivity contribution in [3.63, 3.8) is 0 Å². The third kappa shape index (κ3) is 9.92. The Labute approximate surface area is 444 Å². The van der Waals surface area contributed by atoms with E-state index in [1.54, 1.807) is 52.8 Å². The monoisotopic (exact) mass is 1050 g/mol. The fourth-order valence-corrected chi connectivity index (χ4v) is 11.7. The lowest BCUT2D eigenvalue weighted by atomic mass is 9.86. The number of amides is 3. The number of aromatic nitrogens is 4. The van der Waals surface area contributed by atoms with Crippen LogP contribution in [0.1, 0.15) is 90.2 Å². The van der Waals surface area contributed by atoms with E-state index in [2.05, 4.69) is 36.3 Å². The molecule has 5 aromatic rings. The second-order valence-electron chi connectivity index (χ2n) is 20.8. The molecule has 3 aromatic heterocycles. The van der Waals surface area contributed by atoms with Crippen LogP contribution in [-0.2, 0) is 39.6 Å². The number of rotatable bonds is 10. The maximum Gasteiger partial charge on any atom is 0.415 e. The van der Waals surface area contributed by atoms with Crippen molar-refractivity contribution in [2.75, 3.05) is 77.4 Å². The van der Waals surface area contributed by atoms with Gasteiger partial charge in [-0.25, -0.2) is 14.6 Å². The Balaban J connectivity index is 0.708. The zero-order chi connectivity index (χ0) is 52.8. The average Bonchev–Trinajstić information content (AvgIpc) is 3.92. The van der Waals surface area contributed by atoms with Crippen molar-refractivity contribution in [3.8, 4) is 29.0 Å². The van der Waals surface area contributed by atoms with Crippen molar-refractivity contribution in [2.45, 2.75) is 89.3 Å². The van der Waals surface area contributed by atoms with Gasteiger partial charge in [-0.15, -0.1) is 10.2 Å². The Morgan fingerprint density at radius 3 is 2.34 bits per heavy atom. The Morgan fingerprint density at radius 2 is 1.64 bits per heavy atom. The maximum absolute atomic E-state index is 14.0. The molecule has 8 heterocycles. The van der Waals surface area contributed by atoms with E-state index in [9.17, 15) is 29.1 Å². The molecule has 20 nitrogen and oxygen atoms in total. The second kappa shape index (κ2) is 21.1. The van der Waals surface area contributed by atoms with Gasteiger partial charge in [0.25, 0.3) is 11.5 Å². The molecule has 0 radical (unpaired) electrons. The van der Waals surface area contributed by atoms with Gasteiger partial charge in [0.2, 0.25) is 5.91 Å². The highest BCUT2D eigenvalue weighted by atomic mass is 35.5. The first-order valence-electron chi connectivity index (χ1n) is 26.3. The molecule has 76 heavy (non-hydrogen) atoms. The molecule has 4 fully saturated rings. The molecule has 396 valence electrons. The molecule has 6 aliphatic rings. The number of carbonyl (C=O) groups is 4. The average molecular weight is 1050 g/mol. The van der Waals surface area contributed by atoms with Gasteiger partial charge in [-0.05, 0) is 101 Å². The number of anilines is 1. The number of piperidine rings is 1. The van der Waals surface area contributed by atoms with Crippen molar-refractivity contribution >= 4 is 52.2 Å². The predicted molar refractivity (Wildman–Crippen MR) is 279 cm³/mol. The summed E-state index contributed by atoms with van der Waals surface area (Å²) in [4.78, 5) is 82.9. The number of fused-ring (bicyclic) bond motifs is 5. The molecule has 1 atom stereocenters. The van der Waals surface area contributed by atoms with E-state index in [1.807, 2.05) is 30.1 Å². The summed E-state index contributed by atoms with van der Waals surface area (Å²) < 4.78 is 19.2. The standard InChI is InChI=1S/C55H60ClN11O9/c1-3-55(73)42-28-46-49-35(30-67(46)52(70)41(42)32-74-53(55)71)26-39-40(47(12-10-44(39)59-49)76-54(72)66-22-18-62(2)19-23-66)31-63-20-24-65(25-21-63)51(69)33-14-16-64(17-15-33)48-13-11-45(60-61-48)50(68)58-36-5-8-37(9-6-36)75-38-7-4-34(29-57)43(56)27-38/h4,7,10-13,26-28,33,36-37,73H,3,5-6,8-9,14-25,30-32H2,1-2H3,(H,58,68)/t36?,37?,55-/m0/s1. The Morgan fingerprint density at radius 1 is 0.895 bits per heavy atom. The number of aliphatic hydroxyl groups is 1. The van der Waals surface area contributed by atoms with Crippen LogP contribution in [0.5, 0.6) is 11.5 Å². The molecule has 3 saturated heterocycles. The molecule has 11 rings (SSSR count). The van der Waals surface area contributed by atoms with Crippen molar-refractivity contribution in [1.82, 2.24) is 44.7 Å². The van der Waals surface area contributed by atoms with Gasteiger partial charge in [0.05, 0.1) is 45.7 Å². The van der Waals surface area contributed by atoms with Crippen LogP contribution in [0.15, 0.2) is 59.4 Å². The number of nitriles is 1. The minimum Gasteiger partial charge on any atom is -0.490 e. The highest BCUT2D eigenvalue weighted by molar-refractivity contribution is 6.31. The summed E-state index contributed by atoms with van der Waals surface area (Å²) in [6, 6.07) is 17.9. The molecule has 21 heteroatoms. The van der Waals surface area contributed by atoms with E-state index < -0.39 is 17.7 Å². The van der Waals surface area contributed by atoms with Gasteiger partial charge in [0, 0.05) is 112 Å². The van der Waals surface area contributed by atoms with Gasteiger partial charge >= 0.3 is 12.1 Å². The molecule has 0 unspecified atom stereocenters. The van der Waals surface area contributed by atoms with Crippen molar-refractivity contribution in [3.05, 3.63) is 103 Å². The molecule has 5 aliphatic heterocycles. The van der Waals surface area contributed by atoms with E-state index in [-0.39, 0.29) is 71.8 Å². The summed E-state index contributed by atoms with van der Waals surface area (Å²) in [5, 5.41) is 33.5. The molecule has 1 aliphatic carbocycles. The largest absolute Gasteiger partial charge is 0.490 e. The number of carbonyl (C=O) groups excluding carboxylic acids is 4. The van der Waals surface area contributed by atoms with E-state index >= 15 is 0 Å². The van der Waals surface area contributed by atoms with E-state index in [0.717, 1.165) is 55.3 Å². The van der Waals surface area contributed by atoms with Crippen LogP contribution >= 0.6 is 11.6 Å². The Hall–Kier alpha value is -7.18. The molecule has 0 spiro atoms. The van der Waals surface area contributed by atoms with Crippen LogP contribution < -0.4 is 25.2 Å². The van der Waals surface area contributed by atoms with Gasteiger partial charge in [-0.1, -0.05) is 18.5 Å². The number of cyclic esters (lactones) is 1. The van der Waals surface area contributed by atoms with Crippen LogP contribution in [0, 0.1) is 17.2 Å². The van der Waals surface area contributed by atoms with Crippen LogP contribution in [0.3, 0.4) is 0 Å². The number of esters is 1. The summed E-state index contributed by atoms with van der Waals surface area (Å²) in [5.41, 5.74) is 2.14. The third-order valence-electron chi connectivity index (χ3n) is 16.2. The highest BCUT2D eigenvalue weighted by Gasteiger charge is 2.45. The molecule has 0 bridgehead atoms. The molecule has 2 N–H and O–H groups in total. The number of hydrogen-bond acceptors (Lipinski definition) is 16. The first-order valence-corrected chi connectivity index (χ1v) is 26.7. The maximum atomic E-state index is 14.0. The minimum absolute atomic E-state index is 0.0135. The SMILES string of the molecule is CC[C@@]1(O)C(=O)OCc2c1cc1n(c2=O)Cc2cc3c(CN4CCN(C(=O)C5CCN(c6ccc(C(=O)NC7CCC(Oc8ccc(C#N)c(Cl)c8)CC7)nn6)CC5)CC4)c(OC(=O)N4CCN(C)CC4)ccc3nc2-1. The zero-order valence-corrected chi connectivity index (χ0v) is 43.4. The first-order chi connectivity index (χ1) is 36.8. The summed E-state index contributed by atoms with van der Waals surface area (Å²) in [6.45, 7) is 8.19. The van der Waals surface area contributed by atoms with Gasteiger partial charge < -0.3 is 48.8 Å². The molecule has 1 saturated carbocycles. The van der Waals surface area contributed by atoms with E-state index in [1.165, 1.54) is 0 Å². The number of likely N-dealkylation sites (N-methyl/N-ethyl adjacent to an activating group) is 1. The summed E-state index contributed by atoms with van der Waals surface area (Å²) >= 11 is 6.18. The van der Waals surface area contributed by atoms with Crippen molar-refractivity contribution < 1.29 is 38.5 Å². The number of benzene rings is 2. The summed E-state index contributed by atoms with van der Waals surface area (Å²) in [6.07, 6.45) is 3.94. The van der Waals surface area contributed by atoms with Crippen LogP contribution in [0.25, 0.3) is 22.3 Å². The zero-order valence-electron chi connectivity index (χ0n) is 42.6. The topological polar surface area (TPSA) is 229 Å². The smallest absolute Gasteiger partial charge is 0.415 e. The number of piperazine rings is 2. The van der Waals surface area contributed by atoms with E-state index in [4.69, 9.17) is 36.1 Å². The number of hydrogen-bond donors (Lipinski definition) is 2. The van der Waals surface area contributed by atoms with Crippen LogP contribution in [-0.4, -0.2) is 153 Å². The number of nitrogens with zero attached hydrogens (tertiary/aromatic N) is 10. The first kappa shape index (κ1) is 51.0. The normalized spacial score (nSPS) is 22.0. The number of pyridine rings is 2. The Kier molecular flexibility index (Phi) is 14.1. The van der Waals surface area contributed by atoms with Crippen molar-refractivity contribution in [1.29, 1.82) is 5.26 Å². The van der Waals surface area contributed by atoms with E-state index in [0.29, 0.717) is 117 Å². The van der Waals surface area contributed by atoms with Gasteiger partial charge in [-0.2, -0.15) is 5.26 Å². The lowest BCUT2D eigenvalue weighted by Crippen LogP contribution is -2.51. The molecular formula is C55H60ClN11O9.